The van der Waals surface area contributed by atoms with E-state index in [1.165, 1.54) is 0 Å². The Morgan fingerprint density at radius 3 is 2.74 bits per heavy atom. The first-order valence-electron chi connectivity index (χ1n) is 8.12. The van der Waals surface area contributed by atoms with Gasteiger partial charge in [-0.3, -0.25) is 4.79 Å². The smallest absolute Gasteiger partial charge is 0.255 e. The van der Waals surface area contributed by atoms with E-state index in [-0.39, 0.29) is 5.91 Å². The molecule has 1 amide bonds. The molecule has 0 radical (unpaired) electrons. The molecule has 5 nitrogen and oxygen atoms in total. The highest BCUT2D eigenvalue weighted by atomic mass is 16.3. The van der Waals surface area contributed by atoms with Crippen LogP contribution in [0.2, 0.25) is 0 Å². The zero-order valence-corrected chi connectivity index (χ0v) is 13.7. The Hall–Kier alpha value is -2.30. The fourth-order valence-corrected chi connectivity index (χ4v) is 2.85. The summed E-state index contributed by atoms with van der Waals surface area (Å²) in [6.45, 7) is 4.59. The molecule has 5 heteroatoms. The van der Waals surface area contributed by atoms with E-state index in [2.05, 4.69) is 11.9 Å². The summed E-state index contributed by atoms with van der Waals surface area (Å²) in [7, 11) is 1.96. The normalized spacial score (nSPS) is 15.7. The summed E-state index contributed by atoms with van der Waals surface area (Å²) < 4.78 is 5.35. The number of anilines is 1. The van der Waals surface area contributed by atoms with E-state index < -0.39 is 0 Å². The van der Waals surface area contributed by atoms with Crippen LogP contribution in [0.3, 0.4) is 0 Å². The number of amides is 1. The van der Waals surface area contributed by atoms with Gasteiger partial charge in [-0.1, -0.05) is 6.92 Å². The van der Waals surface area contributed by atoms with E-state index in [0.717, 1.165) is 43.4 Å². The summed E-state index contributed by atoms with van der Waals surface area (Å²) in [5.41, 5.74) is 0.662. The van der Waals surface area contributed by atoms with E-state index in [1.54, 1.807) is 12.5 Å². The van der Waals surface area contributed by atoms with Crippen LogP contribution in [0.4, 0.5) is 5.82 Å². The zero-order chi connectivity index (χ0) is 16.2. The number of nitrogens with zero attached hydrogens (tertiary/aromatic N) is 3. The molecule has 23 heavy (non-hydrogen) atoms. The summed E-state index contributed by atoms with van der Waals surface area (Å²) in [4.78, 5) is 20.9. The molecular formula is C18H23N3O2. The van der Waals surface area contributed by atoms with Crippen LogP contribution in [0, 0.1) is 5.92 Å². The molecule has 0 aliphatic carbocycles. The van der Waals surface area contributed by atoms with Gasteiger partial charge in [0.1, 0.15) is 11.6 Å². The molecular weight excluding hydrogens is 290 g/mol. The second kappa shape index (κ2) is 6.86. The zero-order valence-electron chi connectivity index (χ0n) is 13.7. The molecule has 1 aliphatic heterocycles. The third-order valence-corrected chi connectivity index (χ3v) is 4.43. The van der Waals surface area contributed by atoms with Crippen LogP contribution >= 0.6 is 0 Å². The van der Waals surface area contributed by atoms with Crippen molar-refractivity contribution in [3.05, 3.63) is 48.0 Å². The van der Waals surface area contributed by atoms with Gasteiger partial charge in [0, 0.05) is 26.3 Å². The molecule has 3 rings (SSSR count). The van der Waals surface area contributed by atoms with Crippen LogP contribution in [0.15, 0.2) is 41.1 Å². The van der Waals surface area contributed by atoms with E-state index in [1.807, 2.05) is 41.1 Å². The van der Waals surface area contributed by atoms with Crippen LogP contribution in [0.1, 0.15) is 35.9 Å². The first-order valence-corrected chi connectivity index (χ1v) is 8.12. The van der Waals surface area contributed by atoms with E-state index in [9.17, 15) is 4.79 Å². The molecule has 2 aromatic heterocycles. The quantitative estimate of drug-likeness (QED) is 0.870. The highest BCUT2D eigenvalue weighted by molar-refractivity contribution is 5.94. The Balaban J connectivity index is 1.63. The molecule has 0 atom stereocenters. The second-order valence-electron chi connectivity index (χ2n) is 6.32. The lowest BCUT2D eigenvalue weighted by Gasteiger charge is -2.30. The number of carbonyl (C=O) groups is 1. The largest absolute Gasteiger partial charge is 0.467 e. The number of piperidine rings is 1. The molecule has 0 bridgehead atoms. The lowest BCUT2D eigenvalue weighted by atomic mass is 9.99. The van der Waals surface area contributed by atoms with Crippen molar-refractivity contribution in [1.82, 2.24) is 9.88 Å². The van der Waals surface area contributed by atoms with Crippen molar-refractivity contribution in [3.63, 3.8) is 0 Å². The summed E-state index contributed by atoms with van der Waals surface area (Å²) >= 11 is 0. The molecule has 0 saturated carbocycles. The number of furan rings is 1. The Kier molecular flexibility index (Phi) is 4.65. The first kappa shape index (κ1) is 15.6. The number of rotatable bonds is 4. The number of pyridine rings is 1. The van der Waals surface area contributed by atoms with Crippen molar-refractivity contribution < 1.29 is 9.21 Å². The molecule has 0 spiro atoms. The van der Waals surface area contributed by atoms with Crippen molar-refractivity contribution in [1.29, 1.82) is 0 Å². The Morgan fingerprint density at radius 2 is 2.13 bits per heavy atom. The predicted octanol–water partition coefficient (Wildman–Crippen LogP) is 3.18. The lowest BCUT2D eigenvalue weighted by Crippen LogP contribution is -2.37. The fourth-order valence-electron chi connectivity index (χ4n) is 2.85. The van der Waals surface area contributed by atoms with Gasteiger partial charge >= 0.3 is 0 Å². The van der Waals surface area contributed by atoms with Gasteiger partial charge in [-0.2, -0.15) is 0 Å². The minimum absolute atomic E-state index is 0.0876. The summed E-state index contributed by atoms with van der Waals surface area (Å²) in [5, 5.41) is 0. The first-order chi connectivity index (χ1) is 11.1. The maximum absolute atomic E-state index is 12.5. The summed E-state index contributed by atoms with van der Waals surface area (Å²) in [6, 6.07) is 7.56. The third kappa shape index (κ3) is 3.73. The highest BCUT2D eigenvalue weighted by Crippen LogP contribution is 2.19. The molecule has 1 saturated heterocycles. The van der Waals surface area contributed by atoms with Gasteiger partial charge < -0.3 is 14.2 Å². The van der Waals surface area contributed by atoms with Gasteiger partial charge in [0.15, 0.2) is 0 Å². The van der Waals surface area contributed by atoms with Crippen molar-refractivity contribution >= 4 is 11.7 Å². The fraction of sp³-hybridized carbons (Fsp3) is 0.444. The number of likely N-dealkylation sites (tertiary alicyclic amines) is 1. The minimum Gasteiger partial charge on any atom is -0.467 e. The standard InChI is InChI=1S/C18H23N3O2/c1-14-7-9-21(10-8-14)18(22)15-5-6-17(19-12-15)20(2)13-16-4-3-11-23-16/h3-6,11-12,14H,7-10,13H2,1-2H3. The maximum Gasteiger partial charge on any atom is 0.255 e. The van der Waals surface area contributed by atoms with Gasteiger partial charge in [0.05, 0.1) is 18.4 Å². The van der Waals surface area contributed by atoms with Gasteiger partial charge in [-0.05, 0) is 43.0 Å². The number of aromatic nitrogens is 1. The van der Waals surface area contributed by atoms with Crippen LogP contribution in [0.25, 0.3) is 0 Å². The topological polar surface area (TPSA) is 49.6 Å². The Morgan fingerprint density at radius 1 is 1.35 bits per heavy atom. The molecule has 2 aromatic rings. The average molecular weight is 313 g/mol. The molecule has 0 N–H and O–H groups in total. The predicted molar refractivity (Wildman–Crippen MR) is 89.4 cm³/mol. The lowest BCUT2D eigenvalue weighted by molar-refractivity contribution is 0.0697. The van der Waals surface area contributed by atoms with Crippen LogP contribution in [0.5, 0.6) is 0 Å². The van der Waals surface area contributed by atoms with Crippen LogP contribution in [-0.4, -0.2) is 35.9 Å². The van der Waals surface area contributed by atoms with Crippen LogP contribution in [-0.2, 0) is 6.54 Å². The average Bonchev–Trinajstić information content (AvgIpc) is 3.08. The summed E-state index contributed by atoms with van der Waals surface area (Å²) in [6.07, 6.45) is 5.51. The van der Waals surface area contributed by atoms with Gasteiger partial charge in [0.2, 0.25) is 0 Å². The van der Waals surface area contributed by atoms with E-state index in [4.69, 9.17) is 4.42 Å². The van der Waals surface area contributed by atoms with Crippen LogP contribution < -0.4 is 4.90 Å². The molecule has 3 heterocycles. The van der Waals surface area contributed by atoms with Crippen molar-refractivity contribution in [2.45, 2.75) is 26.3 Å². The van der Waals surface area contributed by atoms with Gasteiger partial charge in [-0.25, -0.2) is 4.98 Å². The number of hydrogen-bond acceptors (Lipinski definition) is 4. The van der Waals surface area contributed by atoms with Crippen molar-refractivity contribution in [3.8, 4) is 0 Å². The number of hydrogen-bond donors (Lipinski definition) is 0. The SMILES string of the molecule is CC1CCN(C(=O)c2ccc(N(C)Cc3ccco3)nc2)CC1. The molecule has 1 aliphatic rings. The van der Waals surface area contributed by atoms with Gasteiger partial charge in [0.25, 0.3) is 5.91 Å². The van der Waals surface area contributed by atoms with E-state index in [0.29, 0.717) is 12.1 Å². The van der Waals surface area contributed by atoms with E-state index >= 15 is 0 Å². The molecule has 122 valence electrons. The molecule has 0 aromatic carbocycles. The highest BCUT2D eigenvalue weighted by Gasteiger charge is 2.21. The maximum atomic E-state index is 12.5. The van der Waals surface area contributed by atoms with Crippen molar-refractivity contribution in [2.24, 2.45) is 5.92 Å². The van der Waals surface area contributed by atoms with Gasteiger partial charge in [-0.15, -0.1) is 0 Å². The molecule has 0 unspecified atom stereocenters. The summed E-state index contributed by atoms with van der Waals surface area (Å²) in [5.74, 6) is 2.52. The Bertz CT molecular complexity index is 629. The third-order valence-electron chi connectivity index (χ3n) is 4.43. The number of carbonyl (C=O) groups excluding carboxylic acids is 1. The Labute approximate surface area is 136 Å². The minimum atomic E-state index is 0.0876. The second-order valence-corrected chi connectivity index (χ2v) is 6.32. The monoisotopic (exact) mass is 313 g/mol. The molecule has 1 fully saturated rings. The van der Waals surface area contributed by atoms with Crippen molar-refractivity contribution in [2.75, 3.05) is 25.0 Å².